The van der Waals surface area contributed by atoms with Crippen molar-refractivity contribution in [2.45, 2.75) is 6.92 Å². The van der Waals surface area contributed by atoms with Crippen LogP contribution in [0, 0.1) is 0 Å². The van der Waals surface area contributed by atoms with Crippen LogP contribution in [0.4, 0.5) is 0 Å². The van der Waals surface area contributed by atoms with Crippen molar-refractivity contribution in [2.24, 2.45) is 0 Å². The molecule has 0 spiro atoms. The molecule has 2 heteroatoms. The highest BCUT2D eigenvalue weighted by Gasteiger charge is 1.84. The molecule has 0 radical (unpaired) electrons. The lowest BCUT2D eigenvalue weighted by molar-refractivity contribution is 0.331. The van der Waals surface area contributed by atoms with Crippen LogP contribution in [0.5, 0.6) is 0 Å². The lowest BCUT2D eigenvalue weighted by Crippen LogP contribution is -1.80. The predicted molar refractivity (Wildman–Crippen MR) is 48.6 cm³/mol. The van der Waals surface area contributed by atoms with Crippen LogP contribution >= 0.6 is 0 Å². The number of aliphatic hydroxyl groups excluding tert-OH is 1. The van der Waals surface area contributed by atoms with Crippen molar-refractivity contribution in [2.75, 3.05) is 6.61 Å². The van der Waals surface area contributed by atoms with Crippen molar-refractivity contribution in [1.29, 1.82) is 0 Å². The minimum atomic E-state index is 0.107. The predicted octanol–water partition coefficient (Wildman–Crippen LogP) is 2.23. The zero-order chi connectivity index (χ0) is 8.81. The van der Waals surface area contributed by atoms with E-state index in [2.05, 4.69) is 0 Å². The second kappa shape index (κ2) is 4.57. The van der Waals surface area contributed by atoms with Gasteiger partial charge in [0.1, 0.15) is 0 Å². The Labute approximate surface area is 71.8 Å². The molecule has 0 aliphatic carbocycles. The van der Waals surface area contributed by atoms with Crippen LogP contribution in [0.2, 0.25) is 0 Å². The highest BCUT2D eigenvalue weighted by Crippen LogP contribution is 2.02. The molecule has 0 aromatic carbocycles. The molecule has 1 heterocycles. The fourth-order valence-electron chi connectivity index (χ4n) is 0.746. The molecule has 0 fully saturated rings. The van der Waals surface area contributed by atoms with Gasteiger partial charge in [0, 0.05) is 5.56 Å². The summed E-state index contributed by atoms with van der Waals surface area (Å²) in [5.41, 5.74) is 1.96. The molecule has 0 unspecified atom stereocenters. The van der Waals surface area contributed by atoms with Crippen LogP contribution in [0.3, 0.4) is 0 Å². The smallest absolute Gasteiger partial charge is 0.0974 e. The van der Waals surface area contributed by atoms with E-state index in [1.165, 1.54) is 0 Å². The van der Waals surface area contributed by atoms with Crippen molar-refractivity contribution >= 4 is 6.08 Å². The normalized spacial score (nSPS) is 12.7. The van der Waals surface area contributed by atoms with Crippen LogP contribution in [0.15, 0.2) is 40.7 Å². The van der Waals surface area contributed by atoms with E-state index in [4.69, 9.17) is 9.52 Å². The van der Waals surface area contributed by atoms with E-state index >= 15 is 0 Å². The molecular weight excluding hydrogens is 152 g/mol. The van der Waals surface area contributed by atoms with Gasteiger partial charge in [0.2, 0.25) is 0 Å². The summed E-state index contributed by atoms with van der Waals surface area (Å²) in [5.74, 6) is 0. The van der Waals surface area contributed by atoms with Crippen molar-refractivity contribution in [3.63, 3.8) is 0 Å². The highest BCUT2D eigenvalue weighted by atomic mass is 16.3. The van der Waals surface area contributed by atoms with Crippen LogP contribution in [0.1, 0.15) is 12.5 Å². The summed E-state index contributed by atoms with van der Waals surface area (Å²) in [6.07, 6.45) is 8.97. The van der Waals surface area contributed by atoms with Crippen LogP contribution in [-0.4, -0.2) is 11.7 Å². The summed E-state index contributed by atoms with van der Waals surface area (Å²) in [4.78, 5) is 0. The number of aliphatic hydroxyl groups is 1. The van der Waals surface area contributed by atoms with Crippen molar-refractivity contribution < 1.29 is 9.52 Å². The monoisotopic (exact) mass is 164 g/mol. The van der Waals surface area contributed by atoms with Crippen LogP contribution in [-0.2, 0) is 0 Å². The molecule has 0 saturated carbocycles. The largest absolute Gasteiger partial charge is 0.472 e. The van der Waals surface area contributed by atoms with Crippen molar-refractivity contribution in [3.05, 3.63) is 41.9 Å². The average Bonchev–Trinajstić information content (AvgIpc) is 2.57. The van der Waals surface area contributed by atoms with Gasteiger partial charge in [0.05, 0.1) is 19.1 Å². The van der Waals surface area contributed by atoms with Gasteiger partial charge in [0.25, 0.3) is 0 Å². The van der Waals surface area contributed by atoms with Gasteiger partial charge in [-0.2, -0.15) is 0 Å². The third-order valence-corrected chi connectivity index (χ3v) is 1.46. The number of rotatable bonds is 3. The van der Waals surface area contributed by atoms with Gasteiger partial charge in [-0.05, 0) is 18.6 Å². The maximum Gasteiger partial charge on any atom is 0.0974 e. The molecule has 64 valence electrons. The van der Waals surface area contributed by atoms with E-state index in [0.717, 1.165) is 11.1 Å². The van der Waals surface area contributed by atoms with Gasteiger partial charge in [-0.3, -0.25) is 0 Å². The average molecular weight is 164 g/mol. The fourth-order valence-corrected chi connectivity index (χ4v) is 0.746. The molecule has 1 aromatic rings. The van der Waals surface area contributed by atoms with Gasteiger partial charge in [-0.15, -0.1) is 0 Å². The summed E-state index contributed by atoms with van der Waals surface area (Å²) in [5, 5.41) is 8.67. The second-order valence-corrected chi connectivity index (χ2v) is 2.59. The van der Waals surface area contributed by atoms with Gasteiger partial charge in [-0.1, -0.05) is 18.2 Å². The Morgan fingerprint density at radius 3 is 3.08 bits per heavy atom. The fraction of sp³-hybridized carbons (Fsp3) is 0.200. The summed E-state index contributed by atoms with van der Waals surface area (Å²) >= 11 is 0. The topological polar surface area (TPSA) is 33.4 Å². The zero-order valence-electron chi connectivity index (χ0n) is 7.03. The Morgan fingerprint density at radius 1 is 1.67 bits per heavy atom. The molecule has 0 aliphatic rings. The van der Waals surface area contributed by atoms with Gasteiger partial charge >= 0.3 is 0 Å². The SMILES string of the molecule is C/C(=C\C=C\c1ccoc1)CO. The Kier molecular flexibility index (Phi) is 3.35. The number of allylic oxidation sites excluding steroid dienone is 2. The summed E-state index contributed by atoms with van der Waals surface area (Å²) < 4.78 is 4.88. The number of hydrogen-bond donors (Lipinski definition) is 1. The number of hydrogen-bond acceptors (Lipinski definition) is 2. The minimum Gasteiger partial charge on any atom is -0.472 e. The highest BCUT2D eigenvalue weighted by molar-refractivity contribution is 5.49. The first-order chi connectivity index (χ1) is 5.83. The molecule has 1 rings (SSSR count). The number of furan rings is 1. The lowest BCUT2D eigenvalue weighted by Gasteiger charge is -1.87. The van der Waals surface area contributed by atoms with Crippen molar-refractivity contribution in [3.8, 4) is 0 Å². The van der Waals surface area contributed by atoms with E-state index in [0.29, 0.717) is 0 Å². The van der Waals surface area contributed by atoms with E-state index in [9.17, 15) is 0 Å². The maximum atomic E-state index is 8.67. The summed E-state index contributed by atoms with van der Waals surface area (Å²) in [6, 6.07) is 1.87. The van der Waals surface area contributed by atoms with E-state index in [1.807, 2.05) is 31.2 Å². The Morgan fingerprint density at radius 2 is 2.50 bits per heavy atom. The van der Waals surface area contributed by atoms with Crippen LogP contribution in [0.25, 0.3) is 6.08 Å². The molecule has 2 nitrogen and oxygen atoms in total. The first kappa shape index (κ1) is 8.81. The van der Waals surface area contributed by atoms with Gasteiger partial charge < -0.3 is 9.52 Å². The minimum absolute atomic E-state index is 0.107. The second-order valence-electron chi connectivity index (χ2n) is 2.59. The van der Waals surface area contributed by atoms with E-state index in [-0.39, 0.29) is 6.61 Å². The molecular formula is C10H12O2. The lowest BCUT2D eigenvalue weighted by atomic mass is 10.2. The van der Waals surface area contributed by atoms with E-state index < -0.39 is 0 Å². The quantitative estimate of drug-likeness (QED) is 0.695. The Bertz CT molecular complexity index is 268. The molecule has 0 atom stereocenters. The third kappa shape index (κ3) is 2.76. The Balaban J connectivity index is 2.52. The van der Waals surface area contributed by atoms with Gasteiger partial charge in [-0.25, -0.2) is 0 Å². The van der Waals surface area contributed by atoms with E-state index in [1.54, 1.807) is 12.5 Å². The first-order valence-electron chi connectivity index (χ1n) is 3.80. The molecule has 0 bridgehead atoms. The van der Waals surface area contributed by atoms with Gasteiger partial charge in [0.15, 0.2) is 0 Å². The standard InChI is InChI=1S/C10H12O2/c1-9(7-11)3-2-4-10-5-6-12-8-10/h2-6,8,11H,7H2,1H3/b4-2+,9-3+. The summed E-state index contributed by atoms with van der Waals surface area (Å²) in [6.45, 7) is 1.98. The molecule has 0 saturated heterocycles. The molecule has 12 heavy (non-hydrogen) atoms. The summed E-state index contributed by atoms with van der Waals surface area (Å²) in [7, 11) is 0. The Hall–Kier alpha value is -1.28. The third-order valence-electron chi connectivity index (χ3n) is 1.46. The van der Waals surface area contributed by atoms with Crippen LogP contribution < -0.4 is 0 Å². The molecule has 0 aliphatic heterocycles. The van der Waals surface area contributed by atoms with Crippen molar-refractivity contribution in [1.82, 2.24) is 0 Å². The molecule has 0 amide bonds. The molecule has 1 N–H and O–H groups in total. The molecule has 1 aromatic heterocycles. The maximum absolute atomic E-state index is 8.67. The first-order valence-corrected chi connectivity index (χ1v) is 3.80. The zero-order valence-corrected chi connectivity index (χ0v) is 7.03.